The molecule has 0 aliphatic rings. The van der Waals surface area contributed by atoms with Crippen LogP contribution in [-0.2, 0) is 0 Å². The van der Waals surface area contributed by atoms with Crippen molar-refractivity contribution in [2.24, 2.45) is 0 Å². The molecule has 0 unspecified atom stereocenters. The molecule has 1 N–H and O–H groups in total. The van der Waals surface area contributed by atoms with E-state index in [-0.39, 0.29) is 11.1 Å². The third-order valence-corrected chi connectivity index (χ3v) is 2.66. The lowest BCUT2D eigenvalue weighted by Crippen LogP contribution is -2.12. The minimum Gasteiger partial charge on any atom is -0.497 e. The number of hydrogen-bond donors (Lipinski definition) is 1. The smallest absolute Gasteiger partial charge is 0.266 e. The molecule has 2 rings (SSSR count). The average molecular weight is 240 g/mol. The zero-order valence-corrected chi connectivity index (χ0v) is 10.2. The van der Waals surface area contributed by atoms with Crippen molar-refractivity contribution >= 4 is 0 Å². The second kappa shape index (κ2) is 4.76. The van der Waals surface area contributed by atoms with E-state index in [1.165, 1.54) is 0 Å². The summed E-state index contributed by atoms with van der Waals surface area (Å²) < 4.78 is 5.14. The number of pyridine rings is 1. The summed E-state index contributed by atoms with van der Waals surface area (Å²) >= 11 is 0. The van der Waals surface area contributed by atoms with Gasteiger partial charge in [0.2, 0.25) is 0 Å². The Bertz CT molecular complexity index is 681. The standard InChI is InChI=1S/C14H12N2O2/c1-9-6-12(13(8-15)14(17)16-9)10-4-3-5-11(7-10)18-2/h3-7H,1-2H3,(H,16,17). The van der Waals surface area contributed by atoms with Crippen molar-refractivity contribution in [1.29, 1.82) is 5.26 Å². The molecule has 2 aromatic rings. The summed E-state index contributed by atoms with van der Waals surface area (Å²) in [5, 5.41) is 9.08. The predicted molar refractivity (Wildman–Crippen MR) is 68.5 cm³/mol. The first kappa shape index (κ1) is 11.9. The van der Waals surface area contributed by atoms with Gasteiger partial charge in [-0.2, -0.15) is 5.26 Å². The number of nitrogens with one attached hydrogen (secondary N) is 1. The first-order valence-corrected chi connectivity index (χ1v) is 5.44. The molecule has 0 saturated carbocycles. The van der Waals surface area contributed by atoms with Gasteiger partial charge in [-0.25, -0.2) is 0 Å². The summed E-state index contributed by atoms with van der Waals surface area (Å²) in [7, 11) is 1.58. The van der Waals surface area contributed by atoms with E-state index in [4.69, 9.17) is 10.00 Å². The lowest BCUT2D eigenvalue weighted by Gasteiger charge is -2.07. The Morgan fingerprint density at radius 2 is 2.11 bits per heavy atom. The van der Waals surface area contributed by atoms with Crippen LogP contribution in [0.15, 0.2) is 35.1 Å². The molecule has 0 atom stereocenters. The van der Waals surface area contributed by atoms with Gasteiger partial charge in [0, 0.05) is 11.3 Å². The number of aromatic nitrogens is 1. The molecule has 0 spiro atoms. The van der Waals surface area contributed by atoms with Crippen LogP contribution in [0.25, 0.3) is 11.1 Å². The maximum absolute atomic E-state index is 11.7. The van der Waals surface area contributed by atoms with Gasteiger partial charge in [-0.3, -0.25) is 4.79 Å². The first-order chi connectivity index (χ1) is 8.65. The van der Waals surface area contributed by atoms with Gasteiger partial charge >= 0.3 is 0 Å². The number of H-pyrrole nitrogens is 1. The molecule has 0 aliphatic heterocycles. The lowest BCUT2D eigenvalue weighted by molar-refractivity contribution is 0.415. The van der Waals surface area contributed by atoms with Crippen LogP contribution >= 0.6 is 0 Å². The average Bonchev–Trinajstić information content (AvgIpc) is 2.38. The Morgan fingerprint density at radius 1 is 1.33 bits per heavy atom. The number of aryl methyl sites for hydroxylation is 1. The van der Waals surface area contributed by atoms with Crippen molar-refractivity contribution < 1.29 is 4.74 Å². The van der Waals surface area contributed by atoms with Crippen LogP contribution in [0.3, 0.4) is 0 Å². The Kier molecular flexibility index (Phi) is 3.16. The van der Waals surface area contributed by atoms with Crippen molar-refractivity contribution in [3.8, 4) is 22.9 Å². The van der Waals surface area contributed by atoms with Crippen LogP contribution < -0.4 is 10.3 Å². The fourth-order valence-corrected chi connectivity index (χ4v) is 1.82. The molecule has 0 fully saturated rings. The number of aromatic amines is 1. The third-order valence-electron chi connectivity index (χ3n) is 2.66. The number of nitrogens with zero attached hydrogens (tertiary/aromatic N) is 1. The number of nitriles is 1. The molecule has 4 nitrogen and oxygen atoms in total. The summed E-state index contributed by atoms with van der Waals surface area (Å²) in [5.41, 5.74) is 1.89. The van der Waals surface area contributed by atoms with Crippen LogP contribution in [0.1, 0.15) is 11.3 Å². The molecule has 1 heterocycles. The van der Waals surface area contributed by atoms with Gasteiger partial charge in [-0.05, 0) is 30.7 Å². The van der Waals surface area contributed by atoms with Crippen LogP contribution in [-0.4, -0.2) is 12.1 Å². The Hall–Kier alpha value is -2.54. The van der Waals surface area contributed by atoms with Crippen molar-refractivity contribution in [1.82, 2.24) is 4.98 Å². The zero-order chi connectivity index (χ0) is 13.1. The molecule has 0 bridgehead atoms. The maximum Gasteiger partial charge on any atom is 0.266 e. The van der Waals surface area contributed by atoms with Crippen LogP contribution in [0.5, 0.6) is 5.75 Å². The SMILES string of the molecule is COc1cccc(-c2cc(C)[nH]c(=O)c2C#N)c1. The minimum atomic E-state index is -0.365. The minimum absolute atomic E-state index is 0.119. The van der Waals surface area contributed by atoms with Gasteiger partial charge in [0.05, 0.1) is 7.11 Å². The van der Waals surface area contributed by atoms with E-state index in [0.29, 0.717) is 11.3 Å². The summed E-state index contributed by atoms with van der Waals surface area (Å²) in [5.74, 6) is 0.689. The number of methoxy groups -OCH3 is 1. The van der Waals surface area contributed by atoms with E-state index in [1.807, 2.05) is 24.3 Å². The quantitative estimate of drug-likeness (QED) is 0.875. The number of rotatable bonds is 2. The molecule has 90 valence electrons. The van der Waals surface area contributed by atoms with Crippen molar-refractivity contribution in [2.75, 3.05) is 7.11 Å². The molecular formula is C14H12N2O2. The number of benzene rings is 1. The van der Waals surface area contributed by atoms with Crippen LogP contribution in [0.4, 0.5) is 0 Å². The van der Waals surface area contributed by atoms with Crippen LogP contribution in [0, 0.1) is 18.3 Å². The first-order valence-electron chi connectivity index (χ1n) is 5.44. The summed E-state index contributed by atoms with van der Waals surface area (Å²) in [6.07, 6.45) is 0. The monoisotopic (exact) mass is 240 g/mol. The topological polar surface area (TPSA) is 65.9 Å². The van der Waals surface area contributed by atoms with Gasteiger partial charge in [-0.15, -0.1) is 0 Å². The van der Waals surface area contributed by atoms with Crippen molar-refractivity contribution in [2.45, 2.75) is 6.92 Å². The highest BCUT2D eigenvalue weighted by Crippen LogP contribution is 2.25. The van der Waals surface area contributed by atoms with E-state index in [0.717, 1.165) is 11.3 Å². The number of ether oxygens (including phenoxy) is 1. The normalized spacial score (nSPS) is 9.83. The summed E-state index contributed by atoms with van der Waals surface area (Å²) in [4.78, 5) is 14.3. The lowest BCUT2D eigenvalue weighted by atomic mass is 10.0. The Balaban J connectivity index is 2.70. The second-order valence-electron chi connectivity index (χ2n) is 3.91. The Morgan fingerprint density at radius 3 is 2.78 bits per heavy atom. The summed E-state index contributed by atoms with van der Waals surface area (Å²) in [6, 6.07) is 11.0. The highest BCUT2D eigenvalue weighted by atomic mass is 16.5. The molecule has 0 radical (unpaired) electrons. The maximum atomic E-state index is 11.7. The zero-order valence-electron chi connectivity index (χ0n) is 10.2. The highest BCUT2D eigenvalue weighted by Gasteiger charge is 2.10. The van der Waals surface area contributed by atoms with E-state index >= 15 is 0 Å². The molecule has 1 aromatic carbocycles. The van der Waals surface area contributed by atoms with Crippen molar-refractivity contribution in [3.63, 3.8) is 0 Å². The van der Waals surface area contributed by atoms with E-state index < -0.39 is 0 Å². The van der Waals surface area contributed by atoms with Gasteiger partial charge in [0.25, 0.3) is 5.56 Å². The third kappa shape index (κ3) is 2.11. The molecule has 1 aromatic heterocycles. The van der Waals surface area contributed by atoms with E-state index in [9.17, 15) is 4.79 Å². The predicted octanol–water partition coefficient (Wildman–Crippen LogP) is 2.23. The molecular weight excluding hydrogens is 228 g/mol. The van der Waals surface area contributed by atoms with E-state index in [1.54, 1.807) is 26.2 Å². The van der Waals surface area contributed by atoms with Gasteiger partial charge in [-0.1, -0.05) is 12.1 Å². The molecule has 4 heteroatoms. The highest BCUT2D eigenvalue weighted by molar-refractivity contribution is 5.71. The Labute approximate surface area is 104 Å². The molecule has 18 heavy (non-hydrogen) atoms. The van der Waals surface area contributed by atoms with Crippen molar-refractivity contribution in [3.05, 3.63) is 51.9 Å². The number of hydrogen-bond acceptors (Lipinski definition) is 3. The summed E-state index contributed by atoms with van der Waals surface area (Å²) in [6.45, 7) is 1.78. The molecule has 0 aliphatic carbocycles. The van der Waals surface area contributed by atoms with E-state index in [2.05, 4.69) is 4.98 Å². The van der Waals surface area contributed by atoms with Gasteiger partial charge < -0.3 is 9.72 Å². The largest absolute Gasteiger partial charge is 0.497 e. The molecule has 0 saturated heterocycles. The van der Waals surface area contributed by atoms with Gasteiger partial charge in [0.1, 0.15) is 17.4 Å². The molecule has 0 amide bonds. The fourth-order valence-electron chi connectivity index (χ4n) is 1.82. The van der Waals surface area contributed by atoms with Crippen LogP contribution in [0.2, 0.25) is 0 Å². The fraction of sp³-hybridized carbons (Fsp3) is 0.143. The second-order valence-corrected chi connectivity index (χ2v) is 3.91. The van der Waals surface area contributed by atoms with Gasteiger partial charge in [0.15, 0.2) is 0 Å².